The van der Waals surface area contributed by atoms with E-state index in [-0.39, 0.29) is 18.6 Å². The van der Waals surface area contributed by atoms with Gasteiger partial charge in [0.25, 0.3) is 5.89 Å². The van der Waals surface area contributed by atoms with Crippen LogP contribution in [0.4, 0.5) is 11.4 Å². The van der Waals surface area contributed by atoms with E-state index in [1.807, 2.05) is 42.5 Å². The van der Waals surface area contributed by atoms with Crippen molar-refractivity contribution in [1.29, 1.82) is 0 Å². The normalized spacial score (nSPS) is 14.0. The van der Waals surface area contributed by atoms with Crippen molar-refractivity contribution in [3.05, 3.63) is 60.0 Å². The topological polar surface area (TPSA) is 80.5 Å². The van der Waals surface area contributed by atoms with Crippen LogP contribution in [0.2, 0.25) is 0 Å². The van der Waals surface area contributed by atoms with Crippen molar-refractivity contribution >= 4 is 17.3 Å². The van der Waals surface area contributed by atoms with Crippen LogP contribution in [0.5, 0.6) is 0 Å². The van der Waals surface area contributed by atoms with Gasteiger partial charge in [-0.15, -0.1) is 0 Å². The zero-order chi connectivity index (χ0) is 19.5. The fourth-order valence-electron chi connectivity index (χ4n) is 3.06. The summed E-state index contributed by atoms with van der Waals surface area (Å²) in [5.74, 6) is 0.994. The molecular weight excluding hydrogens is 356 g/mol. The van der Waals surface area contributed by atoms with E-state index in [9.17, 15) is 4.79 Å². The van der Waals surface area contributed by atoms with Crippen LogP contribution in [0, 0.1) is 6.92 Å². The monoisotopic (exact) mass is 378 g/mol. The summed E-state index contributed by atoms with van der Waals surface area (Å²) in [6.07, 6.45) is 0.0225. The van der Waals surface area contributed by atoms with Crippen molar-refractivity contribution in [1.82, 2.24) is 15.0 Å². The number of anilines is 2. The van der Waals surface area contributed by atoms with E-state index in [1.165, 1.54) is 0 Å². The molecule has 1 aliphatic heterocycles. The first kappa shape index (κ1) is 18.2. The van der Waals surface area contributed by atoms with E-state index < -0.39 is 0 Å². The van der Waals surface area contributed by atoms with Gasteiger partial charge >= 0.3 is 0 Å². The molecule has 0 unspecified atom stereocenters. The summed E-state index contributed by atoms with van der Waals surface area (Å²) in [6.45, 7) is 5.07. The Morgan fingerprint density at radius 1 is 1.18 bits per heavy atom. The number of carbonyl (C=O) groups is 1. The Balaban J connectivity index is 1.44. The van der Waals surface area contributed by atoms with E-state index in [0.717, 1.165) is 22.5 Å². The number of rotatable bonds is 6. The predicted molar refractivity (Wildman–Crippen MR) is 105 cm³/mol. The molecule has 1 aliphatic rings. The van der Waals surface area contributed by atoms with Crippen LogP contribution in [0.15, 0.2) is 53.1 Å². The number of likely N-dealkylation sites (tertiary alicyclic amines) is 1. The van der Waals surface area contributed by atoms with E-state index in [2.05, 4.69) is 28.4 Å². The summed E-state index contributed by atoms with van der Waals surface area (Å²) in [5, 5.41) is 7.55. The lowest BCUT2D eigenvalue weighted by Crippen LogP contribution is -2.53. The molecule has 1 N–H and O–H groups in total. The third kappa shape index (κ3) is 3.89. The standard InChI is InChI=1S/C21H22N4O3/c1-14-7-3-5-9-18(14)22-19-10-6-4-8-17(19)21-23-20(28-24-21)13-27-16-11-25(12-16)15(2)26/h3-10,16,22H,11-13H2,1-2H3. The van der Waals surface area contributed by atoms with Gasteiger partial charge in [0, 0.05) is 37.0 Å². The molecule has 1 amide bonds. The van der Waals surface area contributed by atoms with Gasteiger partial charge in [0.2, 0.25) is 11.7 Å². The molecule has 1 saturated heterocycles. The molecular formula is C21H22N4O3. The smallest absolute Gasteiger partial charge is 0.252 e. The fourth-order valence-corrected chi connectivity index (χ4v) is 3.06. The van der Waals surface area contributed by atoms with Gasteiger partial charge in [-0.2, -0.15) is 4.98 Å². The first-order valence-corrected chi connectivity index (χ1v) is 9.22. The Kier molecular flexibility index (Phi) is 5.08. The fraction of sp³-hybridized carbons (Fsp3) is 0.286. The summed E-state index contributed by atoms with van der Waals surface area (Å²) in [5.41, 5.74) is 3.94. The maximum absolute atomic E-state index is 11.2. The van der Waals surface area contributed by atoms with Gasteiger partial charge in [-0.05, 0) is 30.7 Å². The second kappa shape index (κ2) is 7.82. The molecule has 0 radical (unpaired) electrons. The minimum absolute atomic E-state index is 0.0225. The van der Waals surface area contributed by atoms with Crippen LogP contribution in [0.1, 0.15) is 18.4 Å². The second-order valence-electron chi connectivity index (χ2n) is 6.85. The number of hydrogen-bond donors (Lipinski definition) is 1. The summed E-state index contributed by atoms with van der Waals surface area (Å²) in [7, 11) is 0. The Hall–Kier alpha value is -3.19. The maximum Gasteiger partial charge on any atom is 0.252 e. The minimum Gasteiger partial charge on any atom is -0.365 e. The lowest BCUT2D eigenvalue weighted by atomic mass is 10.1. The number of aromatic nitrogens is 2. The Morgan fingerprint density at radius 3 is 2.64 bits per heavy atom. The first-order chi connectivity index (χ1) is 13.6. The highest BCUT2D eigenvalue weighted by molar-refractivity contribution is 5.78. The SMILES string of the molecule is CC(=O)N1CC(OCc2nc(-c3ccccc3Nc3ccccc3C)no2)C1. The third-order valence-electron chi connectivity index (χ3n) is 4.79. The second-order valence-corrected chi connectivity index (χ2v) is 6.85. The molecule has 2 aromatic carbocycles. The van der Waals surface area contributed by atoms with Gasteiger partial charge < -0.3 is 19.5 Å². The number of amides is 1. The van der Waals surface area contributed by atoms with Gasteiger partial charge in [-0.25, -0.2) is 0 Å². The maximum atomic E-state index is 11.2. The lowest BCUT2D eigenvalue weighted by molar-refractivity contribution is -0.144. The van der Waals surface area contributed by atoms with Gasteiger partial charge in [0.15, 0.2) is 0 Å². The van der Waals surface area contributed by atoms with Crippen LogP contribution in [0.25, 0.3) is 11.4 Å². The highest BCUT2D eigenvalue weighted by atomic mass is 16.5. The van der Waals surface area contributed by atoms with Crippen molar-refractivity contribution < 1.29 is 14.1 Å². The molecule has 0 spiro atoms. The van der Waals surface area contributed by atoms with E-state index >= 15 is 0 Å². The molecule has 0 aliphatic carbocycles. The van der Waals surface area contributed by atoms with Crippen LogP contribution in [-0.4, -0.2) is 40.1 Å². The van der Waals surface area contributed by atoms with E-state index in [0.29, 0.717) is 24.8 Å². The molecule has 1 aromatic heterocycles. The number of carbonyl (C=O) groups excluding carboxylic acids is 1. The Morgan fingerprint density at radius 2 is 1.89 bits per heavy atom. The quantitative estimate of drug-likeness (QED) is 0.707. The highest BCUT2D eigenvalue weighted by Gasteiger charge is 2.29. The van der Waals surface area contributed by atoms with Crippen molar-refractivity contribution in [3.63, 3.8) is 0 Å². The number of nitrogens with zero attached hydrogens (tertiary/aromatic N) is 3. The number of aryl methyl sites for hydroxylation is 1. The van der Waals surface area contributed by atoms with Crippen molar-refractivity contribution in [2.45, 2.75) is 26.6 Å². The summed E-state index contributed by atoms with van der Waals surface area (Å²) in [4.78, 5) is 17.4. The van der Waals surface area contributed by atoms with Crippen molar-refractivity contribution in [2.75, 3.05) is 18.4 Å². The predicted octanol–water partition coefficient (Wildman–Crippen LogP) is 3.54. The average molecular weight is 378 g/mol. The average Bonchev–Trinajstić information content (AvgIpc) is 3.11. The lowest BCUT2D eigenvalue weighted by Gasteiger charge is -2.37. The van der Waals surface area contributed by atoms with Gasteiger partial charge in [0.05, 0.1) is 6.10 Å². The highest BCUT2D eigenvalue weighted by Crippen LogP contribution is 2.29. The summed E-state index contributed by atoms with van der Waals surface area (Å²) in [6, 6.07) is 15.9. The van der Waals surface area contributed by atoms with Crippen molar-refractivity contribution in [3.8, 4) is 11.4 Å². The molecule has 1 fully saturated rings. The largest absolute Gasteiger partial charge is 0.365 e. The molecule has 0 atom stereocenters. The van der Waals surface area contributed by atoms with Gasteiger partial charge in [0.1, 0.15) is 6.61 Å². The molecule has 0 bridgehead atoms. The molecule has 28 heavy (non-hydrogen) atoms. The number of ether oxygens (including phenoxy) is 1. The molecule has 7 heteroatoms. The molecule has 144 valence electrons. The van der Waals surface area contributed by atoms with Gasteiger partial charge in [-0.1, -0.05) is 35.5 Å². The first-order valence-electron chi connectivity index (χ1n) is 9.22. The number of para-hydroxylation sites is 2. The number of nitrogens with one attached hydrogen (secondary N) is 1. The molecule has 7 nitrogen and oxygen atoms in total. The Labute approximate surface area is 163 Å². The third-order valence-corrected chi connectivity index (χ3v) is 4.79. The zero-order valence-corrected chi connectivity index (χ0v) is 15.9. The molecule has 4 rings (SSSR count). The minimum atomic E-state index is 0.0225. The number of hydrogen-bond acceptors (Lipinski definition) is 6. The van der Waals surface area contributed by atoms with E-state index in [4.69, 9.17) is 9.26 Å². The summed E-state index contributed by atoms with van der Waals surface area (Å²) >= 11 is 0. The Bertz CT molecular complexity index is 979. The van der Waals surface area contributed by atoms with Crippen LogP contribution in [0.3, 0.4) is 0 Å². The number of benzene rings is 2. The van der Waals surface area contributed by atoms with Crippen molar-refractivity contribution in [2.24, 2.45) is 0 Å². The van der Waals surface area contributed by atoms with Gasteiger partial charge in [-0.3, -0.25) is 4.79 Å². The molecule has 3 aromatic rings. The van der Waals surface area contributed by atoms with E-state index in [1.54, 1.807) is 11.8 Å². The molecule has 2 heterocycles. The van der Waals surface area contributed by atoms with Crippen LogP contribution >= 0.6 is 0 Å². The summed E-state index contributed by atoms with van der Waals surface area (Å²) < 4.78 is 11.1. The molecule has 0 saturated carbocycles. The van der Waals surface area contributed by atoms with Crippen LogP contribution in [-0.2, 0) is 16.1 Å². The van der Waals surface area contributed by atoms with Crippen LogP contribution < -0.4 is 5.32 Å². The zero-order valence-electron chi connectivity index (χ0n) is 15.9.